The van der Waals surface area contributed by atoms with Gasteiger partial charge in [-0.15, -0.1) is 0 Å². The SMILES string of the molecule is CC(C)(C)c1ccnc(-n2c3ccccc3c3ccc(Oc4cccc([N@@+]56[CH-][N@@+](C)(C5)c5cc(C(C)(C)C)ccc56)c4)cc32)c1. The normalized spacial score (nSPS) is 20.8. The van der Waals surface area contributed by atoms with E-state index in [1.54, 1.807) is 0 Å². The van der Waals surface area contributed by atoms with Gasteiger partial charge in [-0.3, -0.25) is 9.05 Å². The number of benzene rings is 4. The maximum absolute atomic E-state index is 6.63. The van der Waals surface area contributed by atoms with Gasteiger partial charge in [-0.1, -0.05) is 71.9 Å². The Hall–Kier alpha value is -4.45. The van der Waals surface area contributed by atoms with Crippen LogP contribution in [0.2, 0.25) is 0 Å². The standard InChI is InChI=1S/C40H41N4O/c1-39(2,3)27-15-18-36-37(21-27)43(7)25-44(36,26-43)29-11-10-12-30(23-29)45-31-16-17-33-32-13-8-9-14-34(32)42(35(33)24-31)38-22-28(19-20-41-38)40(4,5)6/h8-25H,26H2,1-7H3/q+1/t43-,44+/m0/s1. The zero-order chi connectivity index (χ0) is 31.4. The molecule has 4 aromatic carbocycles. The molecule has 9 rings (SSSR count). The van der Waals surface area contributed by atoms with E-state index >= 15 is 0 Å². The number of hydrogen-bond donors (Lipinski definition) is 0. The average molecular weight is 594 g/mol. The van der Waals surface area contributed by atoms with Gasteiger partial charge in [0.15, 0.2) is 18.0 Å². The van der Waals surface area contributed by atoms with Gasteiger partial charge in [0.05, 0.1) is 24.7 Å². The number of rotatable bonds is 4. The molecule has 45 heavy (non-hydrogen) atoms. The highest BCUT2D eigenvalue weighted by Gasteiger charge is 2.59. The molecule has 226 valence electrons. The lowest BCUT2D eigenvalue weighted by Gasteiger charge is -2.54. The van der Waals surface area contributed by atoms with Crippen LogP contribution in [0.3, 0.4) is 0 Å². The molecular weight excluding hydrogens is 552 g/mol. The molecule has 5 heteroatoms. The van der Waals surface area contributed by atoms with E-state index in [1.165, 1.54) is 39.0 Å². The molecule has 0 radical (unpaired) electrons. The highest BCUT2D eigenvalue weighted by molar-refractivity contribution is 6.09. The van der Waals surface area contributed by atoms with E-state index in [9.17, 15) is 0 Å². The fourth-order valence-corrected chi connectivity index (χ4v) is 7.38. The summed E-state index contributed by atoms with van der Waals surface area (Å²) in [5.41, 5.74) is 8.98. The van der Waals surface area contributed by atoms with Crippen molar-refractivity contribution < 1.29 is 4.74 Å². The Morgan fingerprint density at radius 3 is 2.18 bits per heavy atom. The molecule has 2 aromatic heterocycles. The topological polar surface area (TPSA) is 27.1 Å². The van der Waals surface area contributed by atoms with Crippen molar-refractivity contribution in [1.29, 1.82) is 0 Å². The molecule has 1 saturated heterocycles. The number of para-hydroxylation sites is 1. The van der Waals surface area contributed by atoms with Crippen molar-refractivity contribution in [2.45, 2.75) is 52.4 Å². The second-order valence-electron chi connectivity index (χ2n) is 15.1. The first-order chi connectivity index (χ1) is 21.4. The molecule has 1 fully saturated rings. The minimum Gasteiger partial charge on any atom is -0.457 e. The Balaban J connectivity index is 1.18. The van der Waals surface area contributed by atoms with Crippen LogP contribution in [-0.4, -0.2) is 23.3 Å². The van der Waals surface area contributed by atoms with Crippen LogP contribution < -0.4 is 13.7 Å². The van der Waals surface area contributed by atoms with Crippen LogP contribution in [0.15, 0.2) is 103 Å². The molecule has 5 nitrogen and oxygen atoms in total. The van der Waals surface area contributed by atoms with Crippen LogP contribution in [0.25, 0.3) is 27.6 Å². The van der Waals surface area contributed by atoms with Crippen molar-refractivity contribution in [3.05, 3.63) is 121 Å². The highest BCUT2D eigenvalue weighted by atomic mass is 16.5. The first-order valence-electron chi connectivity index (χ1n) is 15.9. The van der Waals surface area contributed by atoms with E-state index < -0.39 is 0 Å². The van der Waals surface area contributed by atoms with Crippen molar-refractivity contribution in [3.63, 3.8) is 0 Å². The summed E-state index contributed by atoms with van der Waals surface area (Å²) in [6.07, 6.45) is 1.92. The lowest BCUT2D eigenvalue weighted by atomic mass is 9.86. The number of pyridine rings is 1. The molecule has 0 spiro atoms. The van der Waals surface area contributed by atoms with Crippen molar-refractivity contribution in [1.82, 2.24) is 18.5 Å². The molecule has 6 aromatic rings. The minimum absolute atomic E-state index is 0.0244. The third kappa shape index (κ3) is 4.25. The molecule has 2 bridgehead atoms. The van der Waals surface area contributed by atoms with Gasteiger partial charge in [-0.25, -0.2) is 4.98 Å². The van der Waals surface area contributed by atoms with Gasteiger partial charge in [0.1, 0.15) is 23.0 Å². The van der Waals surface area contributed by atoms with E-state index in [1.807, 2.05) is 6.20 Å². The zero-order valence-electron chi connectivity index (χ0n) is 27.3. The summed E-state index contributed by atoms with van der Waals surface area (Å²) < 4.78 is 10.5. The number of hydrogen-bond acceptors (Lipinski definition) is 2. The van der Waals surface area contributed by atoms with Gasteiger partial charge in [-0.2, -0.15) is 0 Å². The number of nitrogens with zero attached hydrogens (tertiary/aromatic N) is 4. The third-order valence-electron chi connectivity index (χ3n) is 9.79. The number of aromatic nitrogens is 2. The first-order valence-corrected chi connectivity index (χ1v) is 15.9. The fraction of sp³-hybridized carbons (Fsp3) is 0.250. The summed E-state index contributed by atoms with van der Waals surface area (Å²) in [5.74, 6) is 2.56. The summed E-state index contributed by atoms with van der Waals surface area (Å²) in [6, 6.07) is 35.0. The largest absolute Gasteiger partial charge is 0.457 e. The lowest BCUT2D eigenvalue weighted by Crippen LogP contribution is -2.68. The van der Waals surface area contributed by atoms with E-state index in [2.05, 4.69) is 157 Å². The molecule has 3 aliphatic heterocycles. The van der Waals surface area contributed by atoms with Crippen LogP contribution in [0.4, 0.5) is 17.1 Å². The fourth-order valence-electron chi connectivity index (χ4n) is 7.38. The molecule has 0 unspecified atom stereocenters. The van der Waals surface area contributed by atoms with Gasteiger partial charge >= 0.3 is 0 Å². The van der Waals surface area contributed by atoms with E-state index in [0.29, 0.717) is 0 Å². The van der Waals surface area contributed by atoms with E-state index in [0.717, 1.165) is 44.0 Å². The van der Waals surface area contributed by atoms with Gasteiger partial charge in [0, 0.05) is 41.2 Å². The number of ether oxygens (including phenoxy) is 1. The molecule has 0 amide bonds. The second-order valence-corrected chi connectivity index (χ2v) is 15.1. The Labute approximate surface area is 266 Å². The zero-order valence-corrected chi connectivity index (χ0v) is 27.3. The Morgan fingerprint density at radius 1 is 0.689 bits per heavy atom. The number of fused-ring (bicyclic) bond motifs is 3. The second kappa shape index (κ2) is 9.29. The van der Waals surface area contributed by atoms with Crippen LogP contribution in [-0.2, 0) is 10.8 Å². The smallest absolute Gasteiger partial charge is 0.181 e. The van der Waals surface area contributed by atoms with Crippen LogP contribution in [0.5, 0.6) is 11.5 Å². The summed E-state index contributed by atoms with van der Waals surface area (Å²) in [6.45, 7) is 17.0. The van der Waals surface area contributed by atoms with Crippen molar-refractivity contribution >= 4 is 38.9 Å². The van der Waals surface area contributed by atoms with Crippen LogP contribution in [0.1, 0.15) is 52.7 Å². The Bertz CT molecular complexity index is 2140. The lowest BCUT2D eigenvalue weighted by molar-refractivity contribution is 0.157. The maximum Gasteiger partial charge on any atom is 0.181 e. The van der Waals surface area contributed by atoms with Crippen molar-refractivity contribution in [2.75, 3.05) is 13.7 Å². The number of quaternary nitrogens is 2. The summed E-state index contributed by atoms with van der Waals surface area (Å²) in [5, 5.41) is 2.39. The van der Waals surface area contributed by atoms with Gasteiger partial charge in [0.25, 0.3) is 0 Å². The monoisotopic (exact) mass is 593 g/mol. The molecule has 3 aliphatic rings. The molecule has 0 saturated carbocycles. The Morgan fingerprint density at radius 2 is 1.40 bits per heavy atom. The van der Waals surface area contributed by atoms with Crippen molar-refractivity contribution in [2.24, 2.45) is 0 Å². The molecule has 5 heterocycles. The van der Waals surface area contributed by atoms with Gasteiger partial charge < -0.3 is 9.22 Å². The first kappa shape index (κ1) is 28.1. The van der Waals surface area contributed by atoms with Crippen LogP contribution >= 0.6 is 0 Å². The molecule has 0 N–H and O–H groups in total. The van der Waals surface area contributed by atoms with Gasteiger partial charge in [0.2, 0.25) is 0 Å². The predicted octanol–water partition coefficient (Wildman–Crippen LogP) is 10.2. The molecular formula is C40H41N4O+. The predicted molar refractivity (Wildman–Crippen MR) is 187 cm³/mol. The Kier molecular flexibility index (Phi) is 5.79. The van der Waals surface area contributed by atoms with E-state index in [-0.39, 0.29) is 10.8 Å². The summed E-state index contributed by atoms with van der Waals surface area (Å²) in [7, 11) is 2.31. The van der Waals surface area contributed by atoms with Gasteiger partial charge in [-0.05, 0) is 64.4 Å². The highest BCUT2D eigenvalue weighted by Crippen LogP contribution is 2.61. The van der Waals surface area contributed by atoms with Crippen molar-refractivity contribution in [3.8, 4) is 17.3 Å². The third-order valence-corrected chi connectivity index (χ3v) is 9.79. The average Bonchev–Trinajstić information content (AvgIpc) is 3.55. The molecule has 0 aliphatic carbocycles. The van der Waals surface area contributed by atoms with Crippen LogP contribution in [0, 0.1) is 6.67 Å². The quantitative estimate of drug-likeness (QED) is 0.150. The summed E-state index contributed by atoms with van der Waals surface area (Å²) in [4.78, 5) is 4.83. The maximum atomic E-state index is 6.63. The van der Waals surface area contributed by atoms with E-state index in [4.69, 9.17) is 9.72 Å². The minimum atomic E-state index is 0.0244. The summed E-state index contributed by atoms with van der Waals surface area (Å²) >= 11 is 0. The molecule has 2 atom stereocenters.